The van der Waals surface area contributed by atoms with Crippen molar-refractivity contribution in [2.75, 3.05) is 7.11 Å². The van der Waals surface area contributed by atoms with Crippen LogP contribution >= 0.6 is 0 Å². The van der Waals surface area contributed by atoms with Crippen LogP contribution in [-0.2, 0) is 13.2 Å². The molecule has 0 aliphatic carbocycles. The van der Waals surface area contributed by atoms with E-state index in [1.165, 1.54) is 0 Å². The lowest BCUT2D eigenvalue weighted by Gasteiger charge is -2.14. The number of nitrogens with zero attached hydrogens (tertiary/aromatic N) is 2. The summed E-state index contributed by atoms with van der Waals surface area (Å²) in [5.74, 6) is 1.43. The molecular formula is C27H22N2O3. The SMILES string of the molecule is COc1cc(-c2ccc(OCc3ccccc3)nc2OCc2ccccc2)ccc1C#N. The Balaban J connectivity index is 1.64. The molecule has 5 nitrogen and oxygen atoms in total. The zero-order chi connectivity index (χ0) is 22.2. The topological polar surface area (TPSA) is 64.4 Å². The van der Waals surface area contributed by atoms with Crippen LogP contribution < -0.4 is 14.2 Å². The van der Waals surface area contributed by atoms with Crippen molar-refractivity contribution in [3.63, 3.8) is 0 Å². The molecule has 158 valence electrons. The molecule has 0 aliphatic heterocycles. The number of benzene rings is 3. The molecule has 0 amide bonds. The molecule has 3 aromatic carbocycles. The molecule has 0 aliphatic rings. The maximum atomic E-state index is 9.28. The first-order valence-electron chi connectivity index (χ1n) is 10.2. The first kappa shape index (κ1) is 21.0. The Morgan fingerprint density at radius 2 is 1.44 bits per heavy atom. The molecular weight excluding hydrogens is 400 g/mol. The first-order chi connectivity index (χ1) is 15.8. The maximum Gasteiger partial charge on any atom is 0.225 e. The highest BCUT2D eigenvalue weighted by Crippen LogP contribution is 2.34. The van der Waals surface area contributed by atoms with Crippen LogP contribution in [0, 0.1) is 11.3 Å². The van der Waals surface area contributed by atoms with E-state index in [0.717, 1.165) is 22.3 Å². The van der Waals surface area contributed by atoms with Crippen molar-refractivity contribution < 1.29 is 14.2 Å². The van der Waals surface area contributed by atoms with E-state index in [9.17, 15) is 5.26 Å². The lowest BCUT2D eigenvalue weighted by Crippen LogP contribution is -2.02. The van der Waals surface area contributed by atoms with Gasteiger partial charge in [0.05, 0.1) is 12.7 Å². The van der Waals surface area contributed by atoms with Gasteiger partial charge in [0.15, 0.2) is 0 Å². The van der Waals surface area contributed by atoms with Crippen LogP contribution in [0.15, 0.2) is 91.0 Å². The average molecular weight is 422 g/mol. The second-order valence-corrected chi connectivity index (χ2v) is 7.08. The molecule has 4 rings (SSSR count). The van der Waals surface area contributed by atoms with E-state index in [-0.39, 0.29) is 0 Å². The molecule has 0 spiro atoms. The summed E-state index contributed by atoms with van der Waals surface area (Å²) in [5, 5.41) is 9.28. The van der Waals surface area contributed by atoms with Crippen molar-refractivity contribution in [2.24, 2.45) is 0 Å². The van der Waals surface area contributed by atoms with Gasteiger partial charge in [-0.05, 0) is 34.9 Å². The summed E-state index contributed by atoms with van der Waals surface area (Å²) >= 11 is 0. The van der Waals surface area contributed by atoms with E-state index in [1.807, 2.05) is 84.9 Å². The van der Waals surface area contributed by atoms with Gasteiger partial charge in [0.1, 0.15) is 25.0 Å². The van der Waals surface area contributed by atoms with Gasteiger partial charge in [-0.2, -0.15) is 10.2 Å². The first-order valence-corrected chi connectivity index (χ1v) is 10.2. The molecule has 0 saturated heterocycles. The minimum Gasteiger partial charge on any atom is -0.495 e. The summed E-state index contributed by atoms with van der Waals surface area (Å²) in [5.41, 5.74) is 4.19. The fourth-order valence-electron chi connectivity index (χ4n) is 3.24. The van der Waals surface area contributed by atoms with E-state index in [4.69, 9.17) is 14.2 Å². The van der Waals surface area contributed by atoms with Crippen LogP contribution in [0.3, 0.4) is 0 Å². The minimum atomic E-state index is 0.371. The summed E-state index contributed by atoms with van der Waals surface area (Å²) in [4.78, 5) is 4.63. The number of hydrogen-bond donors (Lipinski definition) is 0. The van der Waals surface area contributed by atoms with E-state index < -0.39 is 0 Å². The van der Waals surface area contributed by atoms with Gasteiger partial charge in [0.2, 0.25) is 11.8 Å². The van der Waals surface area contributed by atoms with Gasteiger partial charge in [-0.1, -0.05) is 66.7 Å². The number of pyridine rings is 1. The van der Waals surface area contributed by atoms with Gasteiger partial charge in [0.25, 0.3) is 0 Å². The molecule has 0 N–H and O–H groups in total. The molecule has 5 heteroatoms. The van der Waals surface area contributed by atoms with Crippen molar-refractivity contribution in [1.29, 1.82) is 5.26 Å². The quantitative estimate of drug-likeness (QED) is 0.360. The van der Waals surface area contributed by atoms with Crippen molar-refractivity contribution in [1.82, 2.24) is 4.98 Å². The second-order valence-electron chi connectivity index (χ2n) is 7.08. The number of hydrogen-bond acceptors (Lipinski definition) is 5. The summed E-state index contributed by atoms with van der Waals surface area (Å²) in [6.07, 6.45) is 0. The molecule has 0 unspecified atom stereocenters. The van der Waals surface area contributed by atoms with Gasteiger partial charge >= 0.3 is 0 Å². The summed E-state index contributed by atoms with van der Waals surface area (Å²) < 4.78 is 17.4. The molecule has 0 atom stereocenters. The van der Waals surface area contributed by atoms with Crippen LogP contribution in [0.25, 0.3) is 11.1 Å². The zero-order valence-corrected chi connectivity index (χ0v) is 17.7. The third kappa shape index (κ3) is 5.05. The molecule has 0 radical (unpaired) electrons. The number of ether oxygens (including phenoxy) is 3. The van der Waals surface area contributed by atoms with E-state index >= 15 is 0 Å². The fourth-order valence-corrected chi connectivity index (χ4v) is 3.24. The lowest BCUT2D eigenvalue weighted by atomic mass is 10.0. The molecule has 1 aromatic heterocycles. The Morgan fingerprint density at radius 1 is 0.781 bits per heavy atom. The van der Waals surface area contributed by atoms with Crippen molar-refractivity contribution in [2.45, 2.75) is 13.2 Å². The van der Waals surface area contributed by atoms with Crippen LogP contribution in [0.2, 0.25) is 0 Å². The highest BCUT2D eigenvalue weighted by molar-refractivity contribution is 5.71. The summed E-state index contributed by atoms with van der Waals surface area (Å²) in [6, 6.07) is 31.1. The van der Waals surface area contributed by atoms with E-state index in [2.05, 4.69) is 11.1 Å². The van der Waals surface area contributed by atoms with Crippen molar-refractivity contribution in [3.05, 3.63) is 108 Å². The van der Waals surface area contributed by atoms with Crippen LogP contribution in [0.4, 0.5) is 0 Å². The largest absolute Gasteiger partial charge is 0.495 e. The van der Waals surface area contributed by atoms with Crippen LogP contribution in [-0.4, -0.2) is 12.1 Å². The Morgan fingerprint density at radius 3 is 2.06 bits per heavy atom. The molecule has 1 heterocycles. The lowest BCUT2D eigenvalue weighted by molar-refractivity contribution is 0.268. The normalized spacial score (nSPS) is 10.2. The second kappa shape index (κ2) is 10.1. The molecule has 4 aromatic rings. The van der Waals surface area contributed by atoms with Crippen molar-refractivity contribution >= 4 is 0 Å². The minimum absolute atomic E-state index is 0.371. The van der Waals surface area contributed by atoms with Gasteiger partial charge < -0.3 is 14.2 Å². The third-order valence-corrected chi connectivity index (χ3v) is 4.92. The van der Waals surface area contributed by atoms with E-state index in [1.54, 1.807) is 13.2 Å². The Bertz CT molecular complexity index is 1220. The summed E-state index contributed by atoms with van der Waals surface area (Å²) in [6.45, 7) is 0.784. The molecule has 0 saturated carbocycles. The summed E-state index contributed by atoms with van der Waals surface area (Å²) in [7, 11) is 1.55. The highest BCUT2D eigenvalue weighted by Gasteiger charge is 2.14. The Labute approximate surface area is 187 Å². The van der Waals surface area contributed by atoms with Gasteiger partial charge in [-0.25, -0.2) is 0 Å². The smallest absolute Gasteiger partial charge is 0.225 e. The predicted molar refractivity (Wildman–Crippen MR) is 122 cm³/mol. The Hall–Kier alpha value is -4.30. The standard InChI is InChI=1S/C27H22N2O3/c1-30-25-16-22(12-13-23(25)17-28)24-14-15-26(31-18-20-8-4-2-5-9-20)29-27(24)32-19-21-10-6-3-7-11-21/h2-16H,18-19H2,1H3. The maximum absolute atomic E-state index is 9.28. The fraction of sp³-hybridized carbons (Fsp3) is 0.111. The number of rotatable bonds is 8. The van der Waals surface area contributed by atoms with Crippen LogP contribution in [0.5, 0.6) is 17.5 Å². The monoisotopic (exact) mass is 422 g/mol. The van der Waals surface area contributed by atoms with Crippen LogP contribution in [0.1, 0.15) is 16.7 Å². The van der Waals surface area contributed by atoms with Gasteiger partial charge in [0, 0.05) is 11.6 Å². The van der Waals surface area contributed by atoms with Gasteiger partial charge in [-0.15, -0.1) is 0 Å². The van der Waals surface area contributed by atoms with Gasteiger partial charge in [-0.3, -0.25) is 0 Å². The predicted octanol–water partition coefficient (Wildman–Crippen LogP) is 5.79. The molecule has 32 heavy (non-hydrogen) atoms. The Kier molecular flexibility index (Phi) is 6.64. The average Bonchev–Trinajstić information content (AvgIpc) is 2.87. The third-order valence-electron chi connectivity index (χ3n) is 4.92. The number of nitriles is 1. The molecule has 0 fully saturated rings. The number of aromatic nitrogens is 1. The zero-order valence-electron chi connectivity index (χ0n) is 17.7. The van der Waals surface area contributed by atoms with Crippen molar-refractivity contribution in [3.8, 4) is 34.7 Å². The molecule has 0 bridgehead atoms. The van der Waals surface area contributed by atoms with E-state index in [0.29, 0.717) is 36.3 Å². The number of methoxy groups -OCH3 is 1. The highest BCUT2D eigenvalue weighted by atomic mass is 16.5.